The zero-order valence-electron chi connectivity index (χ0n) is 18.0. The molecule has 4 aromatic rings. The molecule has 0 radical (unpaired) electrons. The van der Waals surface area contributed by atoms with Crippen LogP contribution in [0, 0.1) is 0 Å². The summed E-state index contributed by atoms with van der Waals surface area (Å²) in [6, 6.07) is 18.8. The second-order valence-electron chi connectivity index (χ2n) is 8.42. The number of halogens is 3. The molecule has 34 heavy (non-hydrogen) atoms. The van der Waals surface area contributed by atoms with Crippen molar-refractivity contribution in [3.63, 3.8) is 0 Å². The van der Waals surface area contributed by atoms with Crippen molar-refractivity contribution in [2.24, 2.45) is 5.10 Å². The molecule has 0 N–H and O–H groups in total. The van der Waals surface area contributed by atoms with E-state index in [1.807, 2.05) is 65.8 Å². The SMILES string of the molecule is CC(=O)n1cc([C@@H]2Oc3c(Cl)cc(Cl)cc3[C@@H]3CC(c4ccc(Cl)cc4)=NN32)c2ccccc21. The summed E-state index contributed by atoms with van der Waals surface area (Å²) in [5.41, 5.74) is 4.44. The largest absolute Gasteiger partial charge is 0.463 e. The van der Waals surface area contributed by atoms with Crippen molar-refractivity contribution < 1.29 is 9.53 Å². The first-order valence-corrected chi connectivity index (χ1v) is 11.9. The van der Waals surface area contributed by atoms with Crippen LogP contribution < -0.4 is 4.74 Å². The Hall–Kier alpha value is -2.99. The molecule has 3 heterocycles. The van der Waals surface area contributed by atoms with Gasteiger partial charge in [-0.3, -0.25) is 9.36 Å². The number of fused-ring (bicyclic) bond motifs is 4. The Kier molecular flexibility index (Phi) is 5.10. The smallest absolute Gasteiger partial charge is 0.227 e. The molecule has 0 fully saturated rings. The molecule has 2 atom stereocenters. The Bertz CT molecular complexity index is 1490. The highest BCUT2D eigenvalue weighted by Gasteiger charge is 2.43. The molecule has 2 aliphatic rings. The van der Waals surface area contributed by atoms with Crippen LogP contribution in [-0.2, 0) is 0 Å². The number of benzene rings is 3. The zero-order valence-corrected chi connectivity index (χ0v) is 20.3. The molecular weight excluding hydrogens is 493 g/mol. The molecular formula is C26H18Cl3N3O2. The molecule has 2 aliphatic heterocycles. The van der Waals surface area contributed by atoms with Gasteiger partial charge >= 0.3 is 0 Å². The second kappa shape index (κ2) is 8.05. The van der Waals surface area contributed by atoms with Gasteiger partial charge in [0.15, 0.2) is 0 Å². The number of aromatic nitrogens is 1. The fourth-order valence-electron chi connectivity index (χ4n) is 4.80. The van der Waals surface area contributed by atoms with Crippen molar-refractivity contribution in [1.29, 1.82) is 0 Å². The summed E-state index contributed by atoms with van der Waals surface area (Å²) in [7, 11) is 0. The fourth-order valence-corrected chi connectivity index (χ4v) is 5.48. The first kappa shape index (κ1) is 21.5. The van der Waals surface area contributed by atoms with Crippen molar-refractivity contribution in [2.45, 2.75) is 25.6 Å². The summed E-state index contributed by atoms with van der Waals surface area (Å²) in [5, 5.41) is 9.52. The Morgan fingerprint density at radius 1 is 1.00 bits per heavy atom. The van der Waals surface area contributed by atoms with Gasteiger partial charge in [0.1, 0.15) is 5.75 Å². The second-order valence-corrected chi connectivity index (χ2v) is 9.70. The van der Waals surface area contributed by atoms with Gasteiger partial charge < -0.3 is 4.74 Å². The number of para-hydroxylation sites is 1. The van der Waals surface area contributed by atoms with Gasteiger partial charge in [-0.15, -0.1) is 0 Å². The highest BCUT2D eigenvalue weighted by atomic mass is 35.5. The lowest BCUT2D eigenvalue weighted by Crippen LogP contribution is -2.33. The molecule has 8 heteroatoms. The molecule has 0 aliphatic carbocycles. The number of nitrogens with zero attached hydrogens (tertiary/aromatic N) is 3. The van der Waals surface area contributed by atoms with E-state index >= 15 is 0 Å². The quantitative estimate of drug-likeness (QED) is 0.280. The monoisotopic (exact) mass is 509 g/mol. The Morgan fingerprint density at radius 2 is 1.76 bits per heavy atom. The van der Waals surface area contributed by atoms with Crippen LogP contribution in [0.4, 0.5) is 0 Å². The predicted octanol–water partition coefficient (Wildman–Crippen LogP) is 7.50. The van der Waals surface area contributed by atoms with Crippen LogP contribution in [0.5, 0.6) is 5.75 Å². The first-order valence-electron chi connectivity index (χ1n) is 10.8. The maximum Gasteiger partial charge on any atom is 0.227 e. The number of rotatable bonds is 2. The van der Waals surface area contributed by atoms with E-state index in [-0.39, 0.29) is 11.9 Å². The topological polar surface area (TPSA) is 46.8 Å². The van der Waals surface area contributed by atoms with Gasteiger partial charge in [0.2, 0.25) is 12.1 Å². The number of ether oxygens (including phenoxy) is 1. The van der Waals surface area contributed by atoms with Crippen LogP contribution in [0.1, 0.15) is 47.1 Å². The van der Waals surface area contributed by atoms with E-state index in [4.69, 9.17) is 44.6 Å². The summed E-state index contributed by atoms with van der Waals surface area (Å²) < 4.78 is 8.15. The molecule has 0 spiro atoms. The molecule has 0 saturated heterocycles. The molecule has 3 aromatic carbocycles. The molecule has 5 nitrogen and oxygen atoms in total. The molecule has 1 aromatic heterocycles. The third-order valence-corrected chi connectivity index (χ3v) is 7.08. The van der Waals surface area contributed by atoms with Gasteiger partial charge in [-0.25, -0.2) is 5.01 Å². The third kappa shape index (κ3) is 3.38. The van der Waals surface area contributed by atoms with Gasteiger partial charge in [0.25, 0.3) is 0 Å². The first-order chi connectivity index (χ1) is 16.4. The lowest BCUT2D eigenvalue weighted by Gasteiger charge is -2.38. The van der Waals surface area contributed by atoms with Gasteiger partial charge in [-0.2, -0.15) is 5.10 Å². The Labute approximate surface area is 211 Å². The van der Waals surface area contributed by atoms with Gasteiger partial charge in [0.05, 0.1) is 22.3 Å². The normalized spacial score (nSPS) is 18.9. The van der Waals surface area contributed by atoms with Crippen molar-refractivity contribution in [1.82, 2.24) is 9.58 Å². The van der Waals surface area contributed by atoms with E-state index in [2.05, 4.69) is 0 Å². The van der Waals surface area contributed by atoms with Crippen molar-refractivity contribution >= 4 is 57.3 Å². The highest BCUT2D eigenvalue weighted by molar-refractivity contribution is 6.35. The lowest BCUT2D eigenvalue weighted by atomic mass is 9.96. The maximum atomic E-state index is 12.4. The summed E-state index contributed by atoms with van der Waals surface area (Å²) in [5.74, 6) is 0.510. The average molecular weight is 511 g/mol. The standard InChI is InChI=1S/C26H18Cl3N3O2/c1-14(33)31-13-20(18-4-2-3-5-23(18)31)26-32-24(19-10-17(28)11-21(29)25(19)34-26)12-22(30-32)15-6-8-16(27)9-7-15/h2-11,13,24,26H,12H2,1H3/t24-,26-/m0/s1. The Balaban J connectivity index is 1.54. The van der Waals surface area contributed by atoms with E-state index < -0.39 is 6.23 Å². The summed E-state index contributed by atoms with van der Waals surface area (Å²) >= 11 is 19.1. The highest BCUT2D eigenvalue weighted by Crippen LogP contribution is 2.51. The number of carbonyl (C=O) groups excluding carboxylic acids is 1. The van der Waals surface area contributed by atoms with Crippen LogP contribution in [-0.4, -0.2) is 21.2 Å². The van der Waals surface area contributed by atoms with Crippen LogP contribution in [0.3, 0.4) is 0 Å². The zero-order chi connectivity index (χ0) is 23.6. The number of hydrogen-bond donors (Lipinski definition) is 0. The Morgan fingerprint density at radius 3 is 2.53 bits per heavy atom. The fraction of sp³-hybridized carbons (Fsp3) is 0.154. The summed E-state index contributed by atoms with van der Waals surface area (Å²) in [6.45, 7) is 1.54. The van der Waals surface area contributed by atoms with Gasteiger partial charge in [-0.05, 0) is 35.9 Å². The summed E-state index contributed by atoms with van der Waals surface area (Å²) in [4.78, 5) is 12.4. The molecule has 6 rings (SSSR count). The van der Waals surface area contributed by atoms with Crippen molar-refractivity contribution in [3.05, 3.63) is 98.6 Å². The van der Waals surface area contributed by atoms with Crippen molar-refractivity contribution in [2.75, 3.05) is 0 Å². The summed E-state index contributed by atoms with van der Waals surface area (Å²) in [6.07, 6.45) is 1.90. The number of hydrogen-bond acceptors (Lipinski definition) is 4. The predicted molar refractivity (Wildman–Crippen MR) is 135 cm³/mol. The molecule has 170 valence electrons. The molecule has 0 unspecified atom stereocenters. The van der Waals surface area contributed by atoms with Gasteiger partial charge in [-0.1, -0.05) is 65.1 Å². The van der Waals surface area contributed by atoms with E-state index in [0.29, 0.717) is 27.2 Å². The van der Waals surface area contributed by atoms with Crippen LogP contribution in [0.2, 0.25) is 15.1 Å². The lowest BCUT2D eigenvalue weighted by molar-refractivity contribution is -0.0180. The maximum absolute atomic E-state index is 12.4. The number of carbonyl (C=O) groups is 1. The number of hydrazone groups is 1. The van der Waals surface area contributed by atoms with Gasteiger partial charge in [0, 0.05) is 46.1 Å². The van der Waals surface area contributed by atoms with E-state index in [0.717, 1.165) is 33.3 Å². The minimum atomic E-state index is -0.577. The van der Waals surface area contributed by atoms with Crippen molar-refractivity contribution in [3.8, 4) is 5.75 Å². The molecule has 0 saturated carbocycles. The minimum absolute atomic E-state index is 0.0770. The van der Waals surface area contributed by atoms with Crippen LogP contribution >= 0.6 is 34.8 Å². The van der Waals surface area contributed by atoms with Crippen LogP contribution in [0.15, 0.2) is 72.0 Å². The van der Waals surface area contributed by atoms with Crippen LogP contribution in [0.25, 0.3) is 10.9 Å². The van der Waals surface area contributed by atoms with E-state index in [9.17, 15) is 4.79 Å². The van der Waals surface area contributed by atoms with E-state index in [1.165, 1.54) is 0 Å². The average Bonchev–Trinajstić information content (AvgIpc) is 3.42. The minimum Gasteiger partial charge on any atom is -0.463 e. The third-order valence-electron chi connectivity index (χ3n) is 6.33. The molecule has 0 amide bonds. The molecule has 0 bridgehead atoms. The van der Waals surface area contributed by atoms with E-state index in [1.54, 1.807) is 17.6 Å².